The summed E-state index contributed by atoms with van der Waals surface area (Å²) in [5.41, 5.74) is 0. The van der Waals surface area contributed by atoms with E-state index in [1.807, 2.05) is 4.90 Å². The van der Waals surface area contributed by atoms with Gasteiger partial charge in [0.2, 0.25) is 0 Å². The first kappa shape index (κ1) is 25.6. The molecule has 3 rings (SSSR count). The fourth-order valence-corrected chi connectivity index (χ4v) is 9.27. The fourth-order valence-electron chi connectivity index (χ4n) is 4.51. The summed E-state index contributed by atoms with van der Waals surface area (Å²) in [6, 6.07) is 32.2. The molecule has 0 saturated heterocycles. The number of hydrogen-bond acceptors (Lipinski definition) is 3. The van der Waals surface area contributed by atoms with Gasteiger partial charge in [-0.15, -0.1) is 0 Å². The Morgan fingerprint density at radius 2 is 1.18 bits per heavy atom. The van der Waals surface area contributed by atoms with Crippen molar-refractivity contribution in [2.75, 3.05) is 46.4 Å². The molecule has 3 aromatic carbocycles. The number of nitrogens with zero attached hydrogens (tertiary/aromatic N) is 2. The Labute approximate surface area is 204 Å². The molecule has 5 nitrogen and oxygen atoms in total. The van der Waals surface area contributed by atoms with E-state index in [0.29, 0.717) is 26.2 Å². The van der Waals surface area contributed by atoms with E-state index in [1.54, 1.807) is 25.9 Å². The van der Waals surface area contributed by atoms with Crippen LogP contribution in [0.25, 0.3) is 0 Å². The Morgan fingerprint density at radius 3 is 1.56 bits per heavy atom. The van der Waals surface area contributed by atoms with E-state index in [2.05, 4.69) is 96.3 Å². The third-order valence-electron chi connectivity index (χ3n) is 6.46. The van der Waals surface area contributed by atoms with Crippen molar-refractivity contribution in [2.24, 2.45) is 0 Å². The van der Waals surface area contributed by atoms with Crippen molar-refractivity contribution in [2.45, 2.75) is 6.92 Å². The minimum atomic E-state index is -2.41. The van der Waals surface area contributed by atoms with Crippen molar-refractivity contribution < 1.29 is 9.59 Å². The molecule has 34 heavy (non-hydrogen) atoms. The Kier molecular flexibility index (Phi) is 9.38. The van der Waals surface area contributed by atoms with E-state index in [9.17, 15) is 9.59 Å². The van der Waals surface area contributed by atoms with E-state index >= 15 is 0 Å². The second-order valence-corrected chi connectivity index (χ2v) is 12.6. The predicted octanol–water partition coefficient (Wildman–Crippen LogP) is 2.24. The molecule has 0 saturated carbocycles. The third-order valence-corrected chi connectivity index (χ3v) is 11.4. The van der Waals surface area contributed by atoms with E-state index in [-0.39, 0.29) is 11.8 Å². The second kappa shape index (κ2) is 12.5. The van der Waals surface area contributed by atoms with Crippen LogP contribution < -0.4 is 21.2 Å². The number of likely N-dealkylation sites (N-methyl/N-ethyl adjacent to an activating group) is 2. The zero-order valence-corrected chi connectivity index (χ0v) is 21.4. The van der Waals surface area contributed by atoms with E-state index in [4.69, 9.17) is 0 Å². The summed E-state index contributed by atoms with van der Waals surface area (Å²) < 4.78 is 0. The normalized spacial score (nSPS) is 11.6. The summed E-state index contributed by atoms with van der Waals surface area (Å²) >= 11 is 0. The van der Waals surface area contributed by atoms with Gasteiger partial charge in [0.15, 0.2) is 0 Å². The van der Waals surface area contributed by atoms with Gasteiger partial charge < -0.3 is 0 Å². The van der Waals surface area contributed by atoms with Gasteiger partial charge in [-0.1, -0.05) is 0 Å². The molecular formula is C28H36N3O2P. The number of rotatable bonds is 11. The average molecular weight is 478 g/mol. The Hall–Kier alpha value is -3.01. The van der Waals surface area contributed by atoms with E-state index in [1.165, 1.54) is 15.9 Å². The van der Waals surface area contributed by atoms with Gasteiger partial charge in [-0.25, -0.2) is 0 Å². The molecule has 0 bridgehead atoms. The zero-order chi connectivity index (χ0) is 24.4. The Balaban J connectivity index is 1.95. The summed E-state index contributed by atoms with van der Waals surface area (Å²) in [5.74, 6) is 0.0548. The van der Waals surface area contributed by atoms with Gasteiger partial charge in [-0.05, 0) is 0 Å². The molecule has 0 aliphatic carbocycles. The number of hydrogen-bond donors (Lipinski definition) is 1. The third kappa shape index (κ3) is 6.11. The molecule has 0 aliphatic rings. The first-order valence-corrected chi connectivity index (χ1v) is 14.0. The van der Waals surface area contributed by atoms with Crippen LogP contribution in [0.4, 0.5) is 0 Å². The van der Waals surface area contributed by atoms with Gasteiger partial charge in [0.25, 0.3) is 0 Å². The standard InChI is InChI=1S/C28H36N3O2P/c1-24(32)31(20-19-30(3)28(33)23-29-2)21-22-34(25-13-7-4-8-14-25,26-15-9-5-10-16-26)27-17-11-6-12-18-27/h4-18,29,34H,19-23H2,1-3H3. The van der Waals surface area contributed by atoms with Gasteiger partial charge in [0.1, 0.15) is 0 Å². The van der Waals surface area contributed by atoms with Gasteiger partial charge in [-0.2, -0.15) is 0 Å². The summed E-state index contributed by atoms with van der Waals surface area (Å²) in [5, 5.41) is 6.88. The van der Waals surface area contributed by atoms with Crippen LogP contribution in [0.1, 0.15) is 6.92 Å². The van der Waals surface area contributed by atoms with Crippen LogP contribution >= 0.6 is 7.26 Å². The van der Waals surface area contributed by atoms with Crippen LogP contribution in [0.3, 0.4) is 0 Å². The van der Waals surface area contributed by atoms with Crippen molar-refractivity contribution >= 4 is 35.0 Å². The molecule has 0 spiro atoms. The number of carbonyl (C=O) groups excluding carboxylic acids is 2. The van der Waals surface area contributed by atoms with Crippen molar-refractivity contribution in [3.63, 3.8) is 0 Å². The van der Waals surface area contributed by atoms with Gasteiger partial charge >= 0.3 is 204 Å². The molecule has 180 valence electrons. The molecule has 0 fully saturated rings. The predicted molar refractivity (Wildman–Crippen MR) is 145 cm³/mol. The van der Waals surface area contributed by atoms with Crippen LogP contribution in [0.15, 0.2) is 91.0 Å². The number of carbonyl (C=O) groups is 2. The van der Waals surface area contributed by atoms with Crippen LogP contribution in [0.5, 0.6) is 0 Å². The van der Waals surface area contributed by atoms with E-state index < -0.39 is 7.26 Å². The van der Waals surface area contributed by atoms with Gasteiger partial charge in [0, 0.05) is 0 Å². The maximum absolute atomic E-state index is 12.6. The second-order valence-electron chi connectivity index (χ2n) is 8.61. The maximum atomic E-state index is 12.6. The molecule has 0 unspecified atom stereocenters. The zero-order valence-electron chi connectivity index (χ0n) is 20.4. The van der Waals surface area contributed by atoms with Crippen molar-refractivity contribution in [1.29, 1.82) is 0 Å². The SMILES string of the molecule is CNCC(=O)N(C)CCN(CC[PH](c1ccccc1)(c1ccccc1)c1ccccc1)C(C)=O. The Bertz CT molecular complexity index is 948. The summed E-state index contributed by atoms with van der Waals surface area (Å²) in [6.45, 7) is 3.57. The molecule has 0 aliphatic heterocycles. The quantitative estimate of drug-likeness (QED) is 0.431. The van der Waals surface area contributed by atoms with Crippen molar-refractivity contribution in [3.05, 3.63) is 91.0 Å². The molecule has 1 N–H and O–H groups in total. The molecule has 6 heteroatoms. The summed E-state index contributed by atoms with van der Waals surface area (Å²) in [7, 11) is 1.14. The first-order chi connectivity index (χ1) is 16.5. The van der Waals surface area contributed by atoms with Gasteiger partial charge in [-0.3, -0.25) is 0 Å². The van der Waals surface area contributed by atoms with Crippen LogP contribution in [-0.4, -0.2) is 68.1 Å². The van der Waals surface area contributed by atoms with Gasteiger partial charge in [0.05, 0.1) is 0 Å². The number of amides is 2. The molecule has 0 atom stereocenters. The van der Waals surface area contributed by atoms with Crippen LogP contribution in [-0.2, 0) is 9.59 Å². The van der Waals surface area contributed by atoms with Crippen LogP contribution in [0, 0.1) is 0 Å². The molecule has 0 radical (unpaired) electrons. The monoisotopic (exact) mass is 477 g/mol. The molecule has 0 aromatic heterocycles. The average Bonchev–Trinajstić information content (AvgIpc) is 2.87. The van der Waals surface area contributed by atoms with Crippen LogP contribution in [0.2, 0.25) is 0 Å². The molecule has 0 heterocycles. The van der Waals surface area contributed by atoms with Crippen molar-refractivity contribution in [3.8, 4) is 0 Å². The summed E-state index contributed by atoms with van der Waals surface area (Å²) in [6.07, 6.45) is 0.860. The minimum absolute atomic E-state index is 0.0209. The molecule has 3 aromatic rings. The Morgan fingerprint density at radius 1 is 0.735 bits per heavy atom. The topological polar surface area (TPSA) is 52.7 Å². The number of benzene rings is 3. The van der Waals surface area contributed by atoms with E-state index in [0.717, 1.165) is 6.16 Å². The number of nitrogens with one attached hydrogen (secondary N) is 1. The molecular weight excluding hydrogens is 441 g/mol. The molecule has 2 amide bonds. The summed E-state index contributed by atoms with van der Waals surface area (Å²) in [4.78, 5) is 28.3. The van der Waals surface area contributed by atoms with Crippen molar-refractivity contribution in [1.82, 2.24) is 15.1 Å². The first-order valence-electron chi connectivity index (χ1n) is 11.8. The fraction of sp³-hybridized carbons (Fsp3) is 0.286.